The maximum atomic E-state index is 15.1. The van der Waals surface area contributed by atoms with Crippen molar-refractivity contribution in [2.75, 3.05) is 6.26 Å². The van der Waals surface area contributed by atoms with Crippen molar-refractivity contribution in [1.82, 2.24) is 10.0 Å². The third-order valence-corrected chi connectivity index (χ3v) is 6.31. The molecule has 0 spiro atoms. The molecule has 1 aliphatic carbocycles. The Bertz CT molecular complexity index is 986. The van der Waals surface area contributed by atoms with Crippen molar-refractivity contribution in [3.63, 3.8) is 0 Å². The fourth-order valence-corrected chi connectivity index (χ4v) is 5.20. The second-order valence-corrected chi connectivity index (χ2v) is 9.54. The number of halogens is 3. The molecule has 28 heavy (non-hydrogen) atoms. The third-order valence-electron chi connectivity index (χ3n) is 5.61. The van der Waals surface area contributed by atoms with Crippen LogP contribution in [-0.2, 0) is 16.4 Å². The molecule has 3 fully saturated rings. The van der Waals surface area contributed by atoms with E-state index in [1.54, 1.807) is 12.1 Å². The van der Waals surface area contributed by atoms with Gasteiger partial charge in [-0.1, -0.05) is 18.2 Å². The van der Waals surface area contributed by atoms with Gasteiger partial charge < -0.3 is 5.32 Å². The van der Waals surface area contributed by atoms with Crippen LogP contribution in [-0.4, -0.2) is 32.8 Å². The monoisotopic (exact) mass is 410 g/mol. The van der Waals surface area contributed by atoms with Crippen molar-refractivity contribution in [3.05, 3.63) is 59.4 Å². The number of benzene rings is 2. The molecule has 2 aromatic carbocycles. The Hall–Kier alpha value is -1.90. The zero-order valence-electron chi connectivity index (χ0n) is 15.3. The van der Waals surface area contributed by atoms with Gasteiger partial charge in [0.1, 0.15) is 17.5 Å². The van der Waals surface area contributed by atoms with Crippen LogP contribution in [0, 0.1) is 23.4 Å². The van der Waals surface area contributed by atoms with Crippen LogP contribution in [0.4, 0.5) is 13.2 Å². The Morgan fingerprint density at radius 1 is 1.11 bits per heavy atom. The van der Waals surface area contributed by atoms with Crippen LogP contribution in [0.15, 0.2) is 36.4 Å². The quantitative estimate of drug-likeness (QED) is 0.797. The molecule has 2 saturated heterocycles. The molecule has 3 aliphatic rings. The van der Waals surface area contributed by atoms with E-state index in [4.69, 9.17) is 0 Å². The van der Waals surface area contributed by atoms with Crippen LogP contribution >= 0.6 is 0 Å². The molecule has 2 N–H and O–H groups in total. The summed E-state index contributed by atoms with van der Waals surface area (Å²) >= 11 is 0. The van der Waals surface area contributed by atoms with Crippen LogP contribution in [0.25, 0.3) is 11.1 Å². The van der Waals surface area contributed by atoms with Crippen molar-refractivity contribution in [2.45, 2.75) is 37.4 Å². The molecule has 0 aromatic heterocycles. The summed E-state index contributed by atoms with van der Waals surface area (Å²) in [6.45, 7) is 0. The molecule has 2 atom stereocenters. The van der Waals surface area contributed by atoms with Crippen molar-refractivity contribution in [1.29, 1.82) is 0 Å². The fraction of sp³-hybridized carbons (Fsp3) is 0.400. The van der Waals surface area contributed by atoms with E-state index < -0.39 is 27.5 Å². The van der Waals surface area contributed by atoms with E-state index >= 15 is 4.39 Å². The second kappa shape index (κ2) is 7.17. The van der Waals surface area contributed by atoms with Gasteiger partial charge in [0.15, 0.2) is 0 Å². The Morgan fingerprint density at radius 2 is 1.79 bits per heavy atom. The molecular weight excluding hydrogens is 389 g/mol. The Labute approximate surface area is 162 Å². The van der Waals surface area contributed by atoms with Crippen molar-refractivity contribution < 1.29 is 21.6 Å². The molecule has 2 heterocycles. The average Bonchev–Trinajstić information content (AvgIpc) is 2.54. The van der Waals surface area contributed by atoms with Crippen LogP contribution in [0.2, 0.25) is 0 Å². The van der Waals surface area contributed by atoms with Gasteiger partial charge in [-0.15, -0.1) is 0 Å². The smallest absolute Gasteiger partial charge is 0.209 e. The number of hydrogen-bond acceptors (Lipinski definition) is 3. The molecule has 5 rings (SSSR count). The predicted molar refractivity (Wildman–Crippen MR) is 101 cm³/mol. The SMILES string of the molecule is CS(=O)(=O)N[C@H]1C2CC(C2)N[C@H]1Cc1cccc(-c2cc(F)cc(F)c2)c1F. The van der Waals surface area contributed by atoms with Gasteiger partial charge in [0.25, 0.3) is 0 Å². The summed E-state index contributed by atoms with van der Waals surface area (Å²) in [6, 6.07) is 7.41. The summed E-state index contributed by atoms with van der Waals surface area (Å²) in [6.07, 6.45) is 3.19. The summed E-state index contributed by atoms with van der Waals surface area (Å²) in [5, 5.41) is 3.39. The Morgan fingerprint density at radius 3 is 2.43 bits per heavy atom. The normalized spacial score (nSPS) is 26.7. The van der Waals surface area contributed by atoms with Crippen molar-refractivity contribution in [2.24, 2.45) is 5.92 Å². The van der Waals surface area contributed by atoms with Crippen molar-refractivity contribution in [3.8, 4) is 11.1 Å². The first-order chi connectivity index (χ1) is 13.2. The van der Waals surface area contributed by atoms with Crippen molar-refractivity contribution >= 4 is 10.0 Å². The number of sulfonamides is 1. The van der Waals surface area contributed by atoms with Gasteiger partial charge in [-0.25, -0.2) is 26.3 Å². The zero-order chi connectivity index (χ0) is 20.1. The van der Waals surface area contributed by atoms with E-state index in [2.05, 4.69) is 10.0 Å². The molecule has 150 valence electrons. The van der Waals surface area contributed by atoms with Crippen LogP contribution in [0.3, 0.4) is 0 Å². The first-order valence-electron chi connectivity index (χ1n) is 9.17. The highest BCUT2D eigenvalue weighted by Crippen LogP contribution is 2.38. The minimum atomic E-state index is -3.40. The molecular formula is C20H21F3N2O2S. The van der Waals surface area contributed by atoms with Gasteiger partial charge in [0.2, 0.25) is 10.0 Å². The lowest BCUT2D eigenvalue weighted by Gasteiger charge is -2.52. The summed E-state index contributed by atoms with van der Waals surface area (Å²) in [5.74, 6) is -1.86. The number of hydrogen-bond donors (Lipinski definition) is 2. The first-order valence-corrected chi connectivity index (χ1v) is 11.1. The van der Waals surface area contributed by atoms with E-state index in [1.807, 2.05) is 0 Å². The number of fused-ring (bicyclic) bond motifs is 2. The minimum absolute atomic E-state index is 0.115. The number of nitrogens with one attached hydrogen (secondary N) is 2. The van der Waals surface area contributed by atoms with Gasteiger partial charge in [-0.3, -0.25) is 0 Å². The Balaban J connectivity index is 1.63. The highest BCUT2D eigenvalue weighted by molar-refractivity contribution is 7.88. The number of rotatable bonds is 5. The topological polar surface area (TPSA) is 58.2 Å². The van der Waals surface area contributed by atoms with Crippen LogP contribution in [0.1, 0.15) is 18.4 Å². The minimum Gasteiger partial charge on any atom is -0.309 e. The van der Waals surface area contributed by atoms with E-state index in [1.165, 1.54) is 6.07 Å². The maximum absolute atomic E-state index is 15.1. The molecule has 0 amide bonds. The molecule has 2 bridgehead atoms. The fourth-order valence-electron chi connectivity index (χ4n) is 4.34. The second-order valence-electron chi connectivity index (χ2n) is 7.76. The van der Waals surface area contributed by atoms with Crippen LogP contribution in [0.5, 0.6) is 0 Å². The zero-order valence-corrected chi connectivity index (χ0v) is 16.1. The lowest BCUT2D eigenvalue weighted by atomic mass is 9.68. The van der Waals surface area contributed by atoms with E-state index in [9.17, 15) is 17.2 Å². The average molecular weight is 410 g/mol. The summed E-state index contributed by atoms with van der Waals surface area (Å²) in [7, 11) is -3.40. The standard InChI is InChI=1S/C20H21F3N2O2S/c1-28(26,27)25-20-13-7-16(8-13)24-18(20)9-11-3-2-4-17(19(11)23)12-5-14(21)10-15(22)6-12/h2-6,10,13,16,18,20,24-25H,7-9H2,1H3/t13?,16?,18-,20-/m0/s1. The highest BCUT2D eigenvalue weighted by Gasteiger charge is 2.46. The van der Waals surface area contributed by atoms with Gasteiger partial charge in [-0.05, 0) is 48.4 Å². The number of piperidine rings is 2. The molecule has 8 heteroatoms. The first kappa shape index (κ1) is 19.4. The molecule has 0 unspecified atom stereocenters. The maximum Gasteiger partial charge on any atom is 0.209 e. The highest BCUT2D eigenvalue weighted by atomic mass is 32.2. The lowest BCUT2D eigenvalue weighted by molar-refractivity contribution is 0.0809. The van der Waals surface area contributed by atoms with Gasteiger partial charge in [-0.2, -0.15) is 0 Å². The third kappa shape index (κ3) is 3.94. The van der Waals surface area contributed by atoms with Crippen LogP contribution < -0.4 is 10.0 Å². The molecule has 1 saturated carbocycles. The van der Waals surface area contributed by atoms with E-state index in [-0.39, 0.29) is 35.5 Å². The molecule has 2 aromatic rings. The van der Waals surface area contributed by atoms with E-state index in [0.29, 0.717) is 11.6 Å². The molecule has 2 aliphatic heterocycles. The van der Waals surface area contributed by atoms with E-state index in [0.717, 1.165) is 37.3 Å². The van der Waals surface area contributed by atoms with Gasteiger partial charge in [0.05, 0.1) is 6.26 Å². The Kier molecular flexibility index (Phi) is 4.97. The van der Waals surface area contributed by atoms with Gasteiger partial charge in [0, 0.05) is 29.8 Å². The van der Waals surface area contributed by atoms with Gasteiger partial charge >= 0.3 is 0 Å². The molecule has 4 nitrogen and oxygen atoms in total. The predicted octanol–water partition coefficient (Wildman–Crippen LogP) is 2.98. The lowest BCUT2D eigenvalue weighted by Crippen LogP contribution is -2.67. The molecule has 0 radical (unpaired) electrons. The summed E-state index contributed by atoms with van der Waals surface area (Å²) in [5.41, 5.74) is 0.618. The summed E-state index contributed by atoms with van der Waals surface area (Å²) in [4.78, 5) is 0. The largest absolute Gasteiger partial charge is 0.309 e. The summed E-state index contributed by atoms with van der Waals surface area (Å²) < 4.78 is 68.4.